The third kappa shape index (κ3) is 3.06. The number of fused-ring (bicyclic) bond motifs is 1. The smallest absolute Gasteiger partial charge is 0.353 e. The van der Waals surface area contributed by atoms with Gasteiger partial charge in [-0.25, -0.2) is 9.20 Å². The van der Waals surface area contributed by atoms with Crippen molar-refractivity contribution >= 4 is 22.0 Å². The van der Waals surface area contributed by atoms with Crippen molar-refractivity contribution in [2.45, 2.75) is 13.3 Å². The van der Waals surface area contributed by atoms with Crippen molar-refractivity contribution < 1.29 is 9.51 Å². The van der Waals surface area contributed by atoms with E-state index in [2.05, 4.69) is 0 Å². The van der Waals surface area contributed by atoms with Gasteiger partial charge in [-0.3, -0.25) is 0 Å². The minimum Gasteiger partial charge on any atom is -0.842 e. The van der Waals surface area contributed by atoms with E-state index in [1.54, 1.807) is 15.2 Å². The molecule has 0 N–H and O–H groups in total. The summed E-state index contributed by atoms with van der Waals surface area (Å²) in [6, 6.07) is 19.4. The summed E-state index contributed by atoms with van der Waals surface area (Å²) in [5, 5.41) is 14.8. The Kier molecular flexibility index (Phi) is 4.60. The fourth-order valence-electron chi connectivity index (χ4n) is 3.24. The quantitative estimate of drug-likeness (QED) is 0.515. The Morgan fingerprint density at radius 1 is 1.11 bits per heavy atom. The van der Waals surface area contributed by atoms with E-state index in [0.717, 1.165) is 16.8 Å². The molecule has 27 heavy (non-hydrogen) atoms. The van der Waals surface area contributed by atoms with Crippen LogP contribution in [0.2, 0.25) is 0 Å². The summed E-state index contributed by atoms with van der Waals surface area (Å²) in [7, 11) is 0. The number of hydrogen-bond acceptors (Lipinski definition) is 3. The lowest BCUT2D eigenvalue weighted by Gasteiger charge is -2.14. The van der Waals surface area contributed by atoms with Crippen LogP contribution in [0.4, 0.5) is 0 Å². The number of thiazole rings is 1. The number of aromatic nitrogens is 2. The van der Waals surface area contributed by atoms with Crippen LogP contribution in [-0.2, 0) is 6.42 Å². The standard InChI is InChI=1S/C22H18N2O2S/c1-2-19(17-11-7-4-8-12-17)24-21(26)18(15-16-9-5-3-6-10-16)20(25)23-13-14-27-22(23)24/h2-14H,15H2,1H3/b19-2+. The molecule has 0 amide bonds. The van der Waals surface area contributed by atoms with Crippen molar-refractivity contribution in [1.82, 2.24) is 4.57 Å². The molecule has 2 heterocycles. The van der Waals surface area contributed by atoms with E-state index in [0.29, 0.717) is 11.4 Å². The van der Waals surface area contributed by atoms with Crippen LogP contribution >= 0.6 is 11.3 Å². The minimum absolute atomic E-state index is 0.250. The van der Waals surface area contributed by atoms with Gasteiger partial charge in [0, 0.05) is 17.4 Å². The molecule has 0 spiro atoms. The Morgan fingerprint density at radius 3 is 2.44 bits per heavy atom. The summed E-state index contributed by atoms with van der Waals surface area (Å²) in [5.41, 5.74) is 2.65. The molecule has 0 unspecified atom stereocenters. The molecular formula is C22H18N2O2S. The fourth-order valence-corrected chi connectivity index (χ4v) is 4.09. The van der Waals surface area contributed by atoms with Gasteiger partial charge >= 0.3 is 10.5 Å². The van der Waals surface area contributed by atoms with Crippen molar-refractivity contribution in [1.29, 1.82) is 0 Å². The average molecular weight is 374 g/mol. The van der Waals surface area contributed by atoms with E-state index in [-0.39, 0.29) is 17.0 Å². The number of nitrogens with zero attached hydrogens (tertiary/aromatic N) is 2. The molecule has 0 fully saturated rings. The molecule has 0 aliphatic heterocycles. The highest BCUT2D eigenvalue weighted by Crippen LogP contribution is 2.21. The van der Waals surface area contributed by atoms with Crippen LogP contribution in [0.25, 0.3) is 10.7 Å². The highest BCUT2D eigenvalue weighted by molar-refractivity contribution is 7.14. The van der Waals surface area contributed by atoms with Gasteiger partial charge in [-0.05, 0) is 18.6 Å². The monoisotopic (exact) mass is 374 g/mol. The summed E-state index contributed by atoms with van der Waals surface area (Å²) < 4.78 is 3.22. The molecule has 0 atom stereocenters. The van der Waals surface area contributed by atoms with Gasteiger partial charge in [-0.15, -0.1) is 4.57 Å². The molecule has 4 rings (SSSR count). The fraction of sp³-hybridized carbons (Fsp3) is 0.0909. The first-order chi connectivity index (χ1) is 13.2. The maximum Gasteiger partial charge on any atom is 0.353 e. The van der Waals surface area contributed by atoms with E-state index in [9.17, 15) is 9.90 Å². The zero-order valence-electron chi connectivity index (χ0n) is 14.8. The average Bonchev–Trinajstić information content (AvgIpc) is 3.19. The molecule has 5 heteroatoms. The second-order valence-electron chi connectivity index (χ2n) is 6.18. The topological polar surface area (TPSA) is 49.2 Å². The molecule has 0 aliphatic carbocycles. The van der Waals surface area contributed by atoms with Crippen LogP contribution in [0, 0.1) is 0 Å². The van der Waals surface area contributed by atoms with Crippen LogP contribution in [0.3, 0.4) is 0 Å². The molecule has 0 saturated heterocycles. The Bertz CT molecular complexity index is 1180. The summed E-state index contributed by atoms with van der Waals surface area (Å²) in [6.07, 6.45) is 3.95. The van der Waals surface area contributed by atoms with Gasteiger partial charge in [0.15, 0.2) is 0 Å². The normalized spacial score (nSPS) is 11.8. The van der Waals surface area contributed by atoms with Gasteiger partial charge in [-0.2, -0.15) is 0 Å². The number of hydrogen-bond donors (Lipinski definition) is 0. The van der Waals surface area contributed by atoms with Gasteiger partial charge in [0.25, 0.3) is 0 Å². The summed E-state index contributed by atoms with van der Waals surface area (Å²) in [4.78, 5) is 14.0. The van der Waals surface area contributed by atoms with E-state index >= 15 is 0 Å². The Labute approximate surface area is 160 Å². The molecular weight excluding hydrogens is 356 g/mol. The van der Waals surface area contributed by atoms with Crippen molar-refractivity contribution in [3.63, 3.8) is 0 Å². The van der Waals surface area contributed by atoms with E-state index in [1.807, 2.05) is 79.0 Å². The first-order valence-corrected chi connectivity index (χ1v) is 9.58. The lowest BCUT2D eigenvalue weighted by Crippen LogP contribution is -2.38. The number of allylic oxidation sites excluding steroid dienone is 1. The maximum absolute atomic E-state index is 13.4. The van der Waals surface area contributed by atoms with Crippen molar-refractivity contribution in [2.75, 3.05) is 0 Å². The van der Waals surface area contributed by atoms with Crippen molar-refractivity contribution in [3.05, 3.63) is 105 Å². The van der Waals surface area contributed by atoms with Crippen LogP contribution < -0.4 is 15.1 Å². The molecule has 0 aliphatic rings. The minimum atomic E-state index is -0.261. The molecule has 0 bridgehead atoms. The van der Waals surface area contributed by atoms with Gasteiger partial charge < -0.3 is 5.11 Å². The van der Waals surface area contributed by atoms with E-state index in [4.69, 9.17) is 0 Å². The highest BCUT2D eigenvalue weighted by atomic mass is 32.1. The van der Waals surface area contributed by atoms with Crippen LogP contribution in [0.5, 0.6) is 5.88 Å². The van der Waals surface area contributed by atoms with Crippen LogP contribution in [0.1, 0.15) is 23.6 Å². The van der Waals surface area contributed by atoms with Gasteiger partial charge in [0.1, 0.15) is 11.9 Å². The summed E-state index contributed by atoms with van der Waals surface area (Å²) in [6.45, 7) is 1.90. The Morgan fingerprint density at radius 2 is 1.78 bits per heavy atom. The molecule has 0 saturated carbocycles. The van der Waals surface area contributed by atoms with Crippen LogP contribution in [-0.4, -0.2) is 4.57 Å². The van der Waals surface area contributed by atoms with E-state index < -0.39 is 0 Å². The van der Waals surface area contributed by atoms with E-state index in [1.165, 1.54) is 11.3 Å². The third-order valence-corrected chi connectivity index (χ3v) is 5.37. The second kappa shape index (κ2) is 7.21. The number of rotatable bonds is 4. The van der Waals surface area contributed by atoms with Gasteiger partial charge in [0.2, 0.25) is 0 Å². The molecule has 134 valence electrons. The molecule has 2 aromatic carbocycles. The lowest BCUT2D eigenvalue weighted by atomic mass is 10.1. The Hall–Kier alpha value is -3.18. The molecule has 4 aromatic rings. The third-order valence-electron chi connectivity index (χ3n) is 4.53. The maximum atomic E-state index is 13.4. The molecule has 0 radical (unpaired) electrons. The largest absolute Gasteiger partial charge is 0.842 e. The SMILES string of the molecule is C/C=C(\c1ccccc1)n1c(=O)c(Cc2ccccc2)c([O-])[n+]2ccsc12. The van der Waals surface area contributed by atoms with Crippen molar-refractivity contribution in [2.24, 2.45) is 0 Å². The zero-order chi connectivity index (χ0) is 18.8. The predicted molar refractivity (Wildman–Crippen MR) is 106 cm³/mol. The first-order valence-electron chi connectivity index (χ1n) is 8.70. The van der Waals surface area contributed by atoms with Crippen molar-refractivity contribution in [3.8, 4) is 5.88 Å². The second-order valence-corrected chi connectivity index (χ2v) is 7.06. The zero-order valence-corrected chi connectivity index (χ0v) is 15.6. The first kappa shape index (κ1) is 17.2. The summed E-state index contributed by atoms with van der Waals surface area (Å²) in [5.74, 6) is -0.250. The molecule has 2 aromatic heterocycles. The predicted octanol–water partition coefficient (Wildman–Crippen LogP) is 3.22. The Balaban J connectivity index is 1.98. The van der Waals surface area contributed by atoms with Gasteiger partial charge in [-0.1, -0.05) is 72.0 Å². The van der Waals surface area contributed by atoms with Crippen LogP contribution in [0.15, 0.2) is 83.1 Å². The number of benzene rings is 2. The summed E-state index contributed by atoms with van der Waals surface area (Å²) >= 11 is 1.38. The molecule has 4 nitrogen and oxygen atoms in total. The van der Waals surface area contributed by atoms with Gasteiger partial charge in [0.05, 0.1) is 11.4 Å². The lowest BCUT2D eigenvalue weighted by molar-refractivity contribution is -0.585. The highest BCUT2D eigenvalue weighted by Gasteiger charge is 2.24.